The Bertz CT molecular complexity index is 597. The molecule has 134 valence electrons. The van der Waals surface area contributed by atoms with Gasteiger partial charge in [-0.05, 0) is 62.0 Å². The lowest BCUT2D eigenvalue weighted by atomic mass is 9.97. The molecule has 1 aliphatic rings. The maximum Gasteiger partial charge on any atom is 0.0431 e. The summed E-state index contributed by atoms with van der Waals surface area (Å²) >= 11 is 0. The van der Waals surface area contributed by atoms with Crippen LogP contribution in [0.3, 0.4) is 0 Å². The van der Waals surface area contributed by atoms with Crippen molar-refractivity contribution in [2.45, 2.75) is 44.3 Å². The second kappa shape index (κ2) is 9.66. The molecule has 0 bridgehead atoms. The minimum absolute atomic E-state index is 0.259. The smallest absolute Gasteiger partial charge is 0.0431 e. The first-order valence-corrected chi connectivity index (χ1v) is 9.38. The zero-order valence-corrected chi connectivity index (χ0v) is 14.8. The molecular formula is C21H29N3O. The molecule has 0 aliphatic carbocycles. The predicted octanol–water partition coefficient (Wildman–Crippen LogP) is 3.15. The van der Waals surface area contributed by atoms with Crippen molar-refractivity contribution < 1.29 is 5.11 Å². The highest BCUT2D eigenvalue weighted by Gasteiger charge is 2.22. The lowest BCUT2D eigenvalue weighted by Crippen LogP contribution is -2.43. The van der Waals surface area contributed by atoms with Gasteiger partial charge in [0.15, 0.2) is 0 Å². The van der Waals surface area contributed by atoms with Crippen LogP contribution in [0.1, 0.15) is 42.9 Å². The Kier molecular flexibility index (Phi) is 6.98. The highest BCUT2D eigenvalue weighted by Crippen LogP contribution is 2.22. The summed E-state index contributed by atoms with van der Waals surface area (Å²) in [6.07, 6.45) is 7.91. The number of nitrogens with one attached hydrogen (secondary N) is 1. The van der Waals surface area contributed by atoms with E-state index in [4.69, 9.17) is 0 Å². The van der Waals surface area contributed by atoms with Crippen molar-refractivity contribution >= 4 is 0 Å². The number of hydrogen-bond donors (Lipinski definition) is 2. The van der Waals surface area contributed by atoms with E-state index in [1.807, 2.05) is 12.4 Å². The highest BCUT2D eigenvalue weighted by atomic mass is 16.2. The normalized spacial score (nSPS) is 17.5. The molecule has 2 N–H and O–H groups in total. The first kappa shape index (κ1) is 18.1. The SMILES string of the molecule is OCCCC(NC1CCN(Cc2ccncc2)CC1)c1ccccc1. The number of benzene rings is 1. The molecule has 1 saturated heterocycles. The summed E-state index contributed by atoms with van der Waals surface area (Å²) in [6, 6.07) is 15.7. The molecule has 0 spiro atoms. The summed E-state index contributed by atoms with van der Waals surface area (Å²) in [6.45, 7) is 3.53. The molecule has 4 nitrogen and oxygen atoms in total. The molecule has 1 aromatic heterocycles. The number of likely N-dealkylation sites (tertiary alicyclic amines) is 1. The van der Waals surface area contributed by atoms with Gasteiger partial charge < -0.3 is 10.4 Å². The Labute approximate surface area is 150 Å². The molecular weight excluding hydrogens is 310 g/mol. The maximum absolute atomic E-state index is 9.20. The molecule has 0 radical (unpaired) electrons. The molecule has 0 saturated carbocycles. The van der Waals surface area contributed by atoms with Crippen LogP contribution in [0.4, 0.5) is 0 Å². The fraction of sp³-hybridized carbons (Fsp3) is 0.476. The molecule has 4 heteroatoms. The fourth-order valence-electron chi connectivity index (χ4n) is 3.62. The van der Waals surface area contributed by atoms with Gasteiger partial charge in [0.05, 0.1) is 0 Å². The van der Waals surface area contributed by atoms with Gasteiger partial charge in [-0.25, -0.2) is 0 Å². The molecule has 0 amide bonds. The summed E-state index contributed by atoms with van der Waals surface area (Å²) < 4.78 is 0. The minimum atomic E-state index is 0.259. The molecule has 2 heterocycles. The number of aliphatic hydroxyl groups excluding tert-OH is 1. The Hall–Kier alpha value is -1.75. The third-order valence-corrected chi connectivity index (χ3v) is 5.03. The van der Waals surface area contributed by atoms with E-state index in [-0.39, 0.29) is 6.61 Å². The van der Waals surface area contributed by atoms with Gasteiger partial charge in [-0.3, -0.25) is 9.88 Å². The van der Waals surface area contributed by atoms with E-state index in [1.54, 1.807) is 0 Å². The van der Waals surface area contributed by atoms with E-state index in [0.717, 1.165) is 32.5 Å². The van der Waals surface area contributed by atoms with Crippen LogP contribution in [-0.4, -0.2) is 40.7 Å². The summed E-state index contributed by atoms with van der Waals surface area (Å²) in [5.41, 5.74) is 2.67. The van der Waals surface area contributed by atoms with E-state index >= 15 is 0 Å². The summed E-state index contributed by atoms with van der Waals surface area (Å²) in [5.74, 6) is 0. The first-order chi connectivity index (χ1) is 12.3. The van der Waals surface area contributed by atoms with E-state index in [1.165, 1.54) is 24.0 Å². The fourth-order valence-corrected chi connectivity index (χ4v) is 3.62. The number of aromatic nitrogens is 1. The maximum atomic E-state index is 9.20. The van der Waals surface area contributed by atoms with Crippen LogP contribution in [-0.2, 0) is 6.54 Å². The number of piperidine rings is 1. The summed E-state index contributed by atoms with van der Waals surface area (Å²) in [7, 11) is 0. The largest absolute Gasteiger partial charge is 0.396 e. The Balaban J connectivity index is 1.51. The molecule has 25 heavy (non-hydrogen) atoms. The van der Waals surface area contributed by atoms with Gasteiger partial charge in [0.1, 0.15) is 0 Å². The molecule has 1 aliphatic heterocycles. The van der Waals surface area contributed by atoms with Crippen molar-refractivity contribution in [2.75, 3.05) is 19.7 Å². The third-order valence-electron chi connectivity index (χ3n) is 5.03. The summed E-state index contributed by atoms with van der Waals surface area (Å²) in [5, 5.41) is 13.0. The molecule has 1 atom stereocenters. The van der Waals surface area contributed by atoms with E-state index in [0.29, 0.717) is 12.1 Å². The number of hydrogen-bond acceptors (Lipinski definition) is 4. The lowest BCUT2D eigenvalue weighted by Gasteiger charge is -2.35. The predicted molar refractivity (Wildman–Crippen MR) is 101 cm³/mol. The zero-order chi connectivity index (χ0) is 17.3. The summed E-state index contributed by atoms with van der Waals surface area (Å²) in [4.78, 5) is 6.62. The third kappa shape index (κ3) is 5.63. The van der Waals surface area contributed by atoms with Gasteiger partial charge in [0.2, 0.25) is 0 Å². The van der Waals surface area contributed by atoms with Crippen molar-refractivity contribution in [3.05, 3.63) is 66.0 Å². The number of nitrogens with zero attached hydrogens (tertiary/aromatic N) is 2. The van der Waals surface area contributed by atoms with Crippen LogP contribution in [0, 0.1) is 0 Å². The van der Waals surface area contributed by atoms with Crippen LogP contribution in [0.25, 0.3) is 0 Å². The van der Waals surface area contributed by atoms with Crippen molar-refractivity contribution in [1.29, 1.82) is 0 Å². The molecule has 2 aromatic rings. The molecule has 1 fully saturated rings. The van der Waals surface area contributed by atoms with Crippen molar-refractivity contribution in [3.8, 4) is 0 Å². The number of pyridine rings is 1. The number of rotatable bonds is 8. The number of aliphatic hydroxyl groups is 1. The first-order valence-electron chi connectivity index (χ1n) is 9.38. The Morgan fingerprint density at radius 1 is 1.08 bits per heavy atom. The second-order valence-corrected chi connectivity index (χ2v) is 6.90. The van der Waals surface area contributed by atoms with Gasteiger partial charge in [-0.2, -0.15) is 0 Å². The molecule has 1 aromatic carbocycles. The van der Waals surface area contributed by atoms with Crippen molar-refractivity contribution in [2.24, 2.45) is 0 Å². The lowest BCUT2D eigenvalue weighted by molar-refractivity contribution is 0.180. The van der Waals surface area contributed by atoms with Gasteiger partial charge in [-0.15, -0.1) is 0 Å². The van der Waals surface area contributed by atoms with Crippen LogP contribution in [0.5, 0.6) is 0 Å². The van der Waals surface area contributed by atoms with E-state index in [2.05, 4.69) is 57.7 Å². The van der Waals surface area contributed by atoms with Crippen LogP contribution >= 0.6 is 0 Å². The van der Waals surface area contributed by atoms with Gasteiger partial charge in [0.25, 0.3) is 0 Å². The Morgan fingerprint density at radius 3 is 2.48 bits per heavy atom. The molecule has 3 rings (SSSR count). The van der Waals surface area contributed by atoms with Crippen LogP contribution in [0.15, 0.2) is 54.9 Å². The standard InChI is InChI=1S/C21H29N3O/c25-16-4-7-21(19-5-2-1-3-6-19)23-20-10-14-24(15-11-20)17-18-8-12-22-13-9-18/h1-3,5-6,8-9,12-13,20-21,23,25H,4,7,10-11,14-17H2. The van der Waals surface area contributed by atoms with E-state index < -0.39 is 0 Å². The van der Waals surface area contributed by atoms with Gasteiger partial charge >= 0.3 is 0 Å². The van der Waals surface area contributed by atoms with Gasteiger partial charge in [0, 0.05) is 37.6 Å². The average molecular weight is 339 g/mol. The quantitative estimate of drug-likeness (QED) is 0.776. The Morgan fingerprint density at radius 2 is 1.80 bits per heavy atom. The van der Waals surface area contributed by atoms with Crippen LogP contribution in [0.2, 0.25) is 0 Å². The van der Waals surface area contributed by atoms with Crippen LogP contribution < -0.4 is 5.32 Å². The van der Waals surface area contributed by atoms with E-state index in [9.17, 15) is 5.11 Å². The van der Waals surface area contributed by atoms with Crippen molar-refractivity contribution in [3.63, 3.8) is 0 Å². The van der Waals surface area contributed by atoms with Crippen molar-refractivity contribution in [1.82, 2.24) is 15.2 Å². The highest BCUT2D eigenvalue weighted by molar-refractivity contribution is 5.19. The monoisotopic (exact) mass is 339 g/mol. The topological polar surface area (TPSA) is 48.4 Å². The minimum Gasteiger partial charge on any atom is -0.396 e. The molecule has 1 unspecified atom stereocenters. The second-order valence-electron chi connectivity index (χ2n) is 6.90. The average Bonchev–Trinajstić information content (AvgIpc) is 2.68. The zero-order valence-electron chi connectivity index (χ0n) is 14.8. The van der Waals surface area contributed by atoms with Gasteiger partial charge in [-0.1, -0.05) is 30.3 Å².